The first-order valence-corrected chi connectivity index (χ1v) is 12.8. The van der Waals surface area contributed by atoms with Gasteiger partial charge in [-0.3, -0.25) is 4.98 Å². The summed E-state index contributed by atoms with van der Waals surface area (Å²) in [6.07, 6.45) is 21.3. The van der Waals surface area contributed by atoms with E-state index in [1.807, 2.05) is 13.1 Å². The van der Waals surface area contributed by atoms with E-state index in [0.717, 1.165) is 35.5 Å². The van der Waals surface area contributed by atoms with E-state index >= 15 is 0 Å². The second-order valence-corrected chi connectivity index (χ2v) is 9.10. The third kappa shape index (κ3) is 7.55. The van der Waals surface area contributed by atoms with Gasteiger partial charge in [0.1, 0.15) is 5.75 Å². The molecule has 0 saturated heterocycles. The lowest BCUT2D eigenvalue weighted by molar-refractivity contribution is 0.304. The quantitative estimate of drug-likeness (QED) is 0.234. The van der Waals surface area contributed by atoms with Crippen molar-refractivity contribution in [1.82, 2.24) is 9.97 Å². The van der Waals surface area contributed by atoms with Crippen LogP contribution in [0.25, 0.3) is 21.8 Å². The molecule has 0 radical (unpaired) electrons. The number of hydrogen-bond donors (Lipinski definition) is 1. The van der Waals surface area contributed by atoms with E-state index in [1.54, 1.807) is 0 Å². The third-order valence-electron chi connectivity index (χ3n) is 6.45. The largest absolute Gasteiger partial charge is 0.494 e. The number of nitrogens with zero attached hydrogens (tertiary/aromatic N) is 1. The number of ether oxygens (including phenoxy) is 1. The monoisotopic (exact) mass is 422 g/mol. The van der Waals surface area contributed by atoms with Crippen molar-refractivity contribution in [2.24, 2.45) is 0 Å². The highest BCUT2D eigenvalue weighted by Crippen LogP contribution is 2.29. The lowest BCUT2D eigenvalue weighted by Gasteiger charge is -2.06. The van der Waals surface area contributed by atoms with E-state index in [9.17, 15) is 0 Å². The van der Waals surface area contributed by atoms with Crippen molar-refractivity contribution in [3.05, 3.63) is 36.2 Å². The van der Waals surface area contributed by atoms with Gasteiger partial charge in [0.25, 0.3) is 0 Å². The van der Waals surface area contributed by atoms with Crippen LogP contribution in [0.15, 0.2) is 30.5 Å². The van der Waals surface area contributed by atoms with E-state index < -0.39 is 0 Å². The number of pyridine rings is 1. The maximum absolute atomic E-state index is 6.01. The zero-order chi connectivity index (χ0) is 21.7. The van der Waals surface area contributed by atoms with Crippen LogP contribution in [0.4, 0.5) is 0 Å². The molecule has 0 fully saturated rings. The maximum atomic E-state index is 6.01. The van der Waals surface area contributed by atoms with E-state index in [2.05, 4.69) is 41.2 Å². The van der Waals surface area contributed by atoms with Crippen LogP contribution in [0, 0.1) is 6.92 Å². The number of benzene rings is 1. The predicted molar refractivity (Wildman–Crippen MR) is 134 cm³/mol. The van der Waals surface area contributed by atoms with Crippen LogP contribution in [0.2, 0.25) is 0 Å². The molecule has 0 aliphatic carbocycles. The topological polar surface area (TPSA) is 37.9 Å². The minimum absolute atomic E-state index is 0.810. The standard InChI is InChI=1S/C28H42N2O/c1-3-4-5-6-7-8-9-10-11-12-13-14-15-16-21-31-24-17-18-25-26-19-20-29-23(2)28(26)30-27(25)22-24/h17-20,22,30H,3-16,21H2,1-2H3. The number of fused-ring (bicyclic) bond motifs is 3. The molecule has 3 nitrogen and oxygen atoms in total. The Kier molecular flexibility index (Phi) is 10.2. The Hall–Kier alpha value is -2.03. The summed E-state index contributed by atoms with van der Waals surface area (Å²) in [4.78, 5) is 7.88. The number of aryl methyl sites for hydroxylation is 1. The molecule has 0 bridgehead atoms. The number of aromatic nitrogens is 2. The number of aromatic amines is 1. The Bertz CT molecular complexity index is 899. The Balaban J connectivity index is 1.22. The summed E-state index contributed by atoms with van der Waals surface area (Å²) < 4.78 is 6.01. The molecule has 3 heteroatoms. The summed E-state index contributed by atoms with van der Waals surface area (Å²) in [6, 6.07) is 8.46. The molecule has 0 saturated carbocycles. The lowest BCUT2D eigenvalue weighted by Crippen LogP contribution is -1.97. The predicted octanol–water partition coefficient (Wildman–Crippen LogP) is 8.88. The molecule has 0 atom stereocenters. The summed E-state index contributed by atoms with van der Waals surface area (Å²) in [5.41, 5.74) is 3.30. The Labute approximate surface area is 189 Å². The molecule has 0 spiro atoms. The van der Waals surface area contributed by atoms with Crippen LogP contribution in [0.5, 0.6) is 5.75 Å². The molecule has 3 rings (SSSR count). The molecule has 2 aromatic heterocycles. The highest BCUT2D eigenvalue weighted by Gasteiger charge is 2.07. The van der Waals surface area contributed by atoms with Crippen molar-refractivity contribution in [3.63, 3.8) is 0 Å². The fraction of sp³-hybridized carbons (Fsp3) is 0.607. The van der Waals surface area contributed by atoms with Gasteiger partial charge in [0.15, 0.2) is 0 Å². The molecule has 1 N–H and O–H groups in total. The van der Waals surface area contributed by atoms with Gasteiger partial charge in [-0.05, 0) is 31.5 Å². The third-order valence-corrected chi connectivity index (χ3v) is 6.45. The number of nitrogens with one attached hydrogen (secondary N) is 1. The second kappa shape index (κ2) is 13.4. The Morgan fingerprint density at radius 2 is 1.35 bits per heavy atom. The molecule has 2 heterocycles. The highest BCUT2D eigenvalue weighted by atomic mass is 16.5. The molecular formula is C28H42N2O. The van der Waals surface area contributed by atoms with Gasteiger partial charge in [-0.25, -0.2) is 0 Å². The average Bonchev–Trinajstić information content (AvgIpc) is 3.16. The Morgan fingerprint density at radius 3 is 2.00 bits per heavy atom. The van der Waals surface area contributed by atoms with E-state index in [0.29, 0.717) is 0 Å². The molecule has 0 aliphatic heterocycles. The molecule has 170 valence electrons. The normalized spacial score (nSPS) is 11.5. The minimum Gasteiger partial charge on any atom is -0.494 e. The number of rotatable bonds is 16. The van der Waals surface area contributed by atoms with Crippen LogP contribution < -0.4 is 4.74 Å². The van der Waals surface area contributed by atoms with Crippen molar-refractivity contribution in [1.29, 1.82) is 0 Å². The zero-order valence-corrected chi connectivity index (χ0v) is 19.8. The average molecular weight is 423 g/mol. The van der Waals surface area contributed by atoms with Crippen LogP contribution in [-0.2, 0) is 0 Å². The molecule has 0 unspecified atom stereocenters. The van der Waals surface area contributed by atoms with Crippen LogP contribution in [0.1, 0.15) is 103 Å². The first-order valence-electron chi connectivity index (χ1n) is 12.8. The van der Waals surface area contributed by atoms with Crippen LogP contribution >= 0.6 is 0 Å². The van der Waals surface area contributed by atoms with Crippen LogP contribution in [0.3, 0.4) is 0 Å². The summed E-state index contributed by atoms with van der Waals surface area (Å²) in [6.45, 7) is 5.14. The molecule has 0 amide bonds. The zero-order valence-electron chi connectivity index (χ0n) is 19.8. The van der Waals surface area contributed by atoms with Gasteiger partial charge >= 0.3 is 0 Å². The van der Waals surface area contributed by atoms with Gasteiger partial charge in [-0.2, -0.15) is 0 Å². The van der Waals surface area contributed by atoms with Gasteiger partial charge in [-0.1, -0.05) is 90.4 Å². The van der Waals surface area contributed by atoms with Gasteiger partial charge in [-0.15, -0.1) is 0 Å². The van der Waals surface area contributed by atoms with E-state index in [4.69, 9.17) is 4.74 Å². The maximum Gasteiger partial charge on any atom is 0.121 e. The van der Waals surface area contributed by atoms with E-state index in [1.165, 1.54) is 94.2 Å². The van der Waals surface area contributed by atoms with Crippen molar-refractivity contribution in [3.8, 4) is 5.75 Å². The minimum atomic E-state index is 0.810. The number of hydrogen-bond acceptors (Lipinski definition) is 2. The van der Waals surface area contributed by atoms with Gasteiger partial charge in [0, 0.05) is 23.0 Å². The number of H-pyrrole nitrogens is 1. The summed E-state index contributed by atoms with van der Waals surface area (Å²) in [5.74, 6) is 0.958. The van der Waals surface area contributed by atoms with E-state index in [-0.39, 0.29) is 0 Å². The molecule has 0 aliphatic rings. The fourth-order valence-electron chi connectivity index (χ4n) is 4.52. The van der Waals surface area contributed by atoms with Crippen molar-refractivity contribution in [2.45, 2.75) is 104 Å². The number of unbranched alkanes of at least 4 members (excludes halogenated alkanes) is 13. The first kappa shape index (κ1) is 23.6. The SMILES string of the molecule is CCCCCCCCCCCCCCCCOc1ccc2c(c1)[nH]c1c(C)nccc12. The Morgan fingerprint density at radius 1 is 0.742 bits per heavy atom. The summed E-state index contributed by atoms with van der Waals surface area (Å²) >= 11 is 0. The van der Waals surface area contributed by atoms with Gasteiger partial charge < -0.3 is 9.72 Å². The van der Waals surface area contributed by atoms with Gasteiger partial charge in [0.2, 0.25) is 0 Å². The van der Waals surface area contributed by atoms with Crippen molar-refractivity contribution >= 4 is 21.8 Å². The summed E-state index contributed by atoms with van der Waals surface area (Å²) in [5, 5.41) is 2.48. The molecular weight excluding hydrogens is 380 g/mol. The fourth-order valence-corrected chi connectivity index (χ4v) is 4.52. The highest BCUT2D eigenvalue weighted by molar-refractivity contribution is 6.08. The van der Waals surface area contributed by atoms with Gasteiger partial charge in [0.05, 0.1) is 23.3 Å². The van der Waals surface area contributed by atoms with Crippen molar-refractivity contribution < 1.29 is 4.74 Å². The summed E-state index contributed by atoms with van der Waals surface area (Å²) in [7, 11) is 0. The molecule has 1 aromatic carbocycles. The smallest absolute Gasteiger partial charge is 0.121 e. The molecule has 31 heavy (non-hydrogen) atoms. The van der Waals surface area contributed by atoms with Crippen molar-refractivity contribution in [2.75, 3.05) is 6.61 Å². The first-order chi connectivity index (χ1) is 15.3. The second-order valence-electron chi connectivity index (χ2n) is 9.10. The van der Waals surface area contributed by atoms with Crippen LogP contribution in [-0.4, -0.2) is 16.6 Å². The molecule has 3 aromatic rings. The lowest BCUT2D eigenvalue weighted by atomic mass is 10.0.